The predicted octanol–water partition coefficient (Wildman–Crippen LogP) is 4.02. The SMILES string of the molecule is COc1ccc(CCC(O)Cc2cc(F)ccc2Cl)cc1. The lowest BCUT2D eigenvalue weighted by molar-refractivity contribution is 0.165. The summed E-state index contributed by atoms with van der Waals surface area (Å²) in [4.78, 5) is 0. The van der Waals surface area contributed by atoms with E-state index in [1.165, 1.54) is 18.2 Å². The van der Waals surface area contributed by atoms with E-state index in [1.807, 2.05) is 24.3 Å². The van der Waals surface area contributed by atoms with Gasteiger partial charge >= 0.3 is 0 Å². The molecule has 0 aliphatic heterocycles. The zero-order chi connectivity index (χ0) is 15.2. The topological polar surface area (TPSA) is 29.5 Å². The number of benzene rings is 2. The zero-order valence-electron chi connectivity index (χ0n) is 11.9. The number of hydrogen-bond donors (Lipinski definition) is 1. The summed E-state index contributed by atoms with van der Waals surface area (Å²) in [6, 6.07) is 11.9. The van der Waals surface area contributed by atoms with Crippen LogP contribution in [0.5, 0.6) is 5.75 Å². The highest BCUT2D eigenvalue weighted by Gasteiger charge is 2.10. The second kappa shape index (κ2) is 7.43. The van der Waals surface area contributed by atoms with Crippen LogP contribution in [-0.2, 0) is 12.8 Å². The first-order chi connectivity index (χ1) is 10.1. The van der Waals surface area contributed by atoms with E-state index < -0.39 is 6.10 Å². The highest BCUT2D eigenvalue weighted by molar-refractivity contribution is 6.31. The smallest absolute Gasteiger partial charge is 0.123 e. The second-order valence-corrected chi connectivity index (χ2v) is 5.39. The highest BCUT2D eigenvalue weighted by atomic mass is 35.5. The molecular weight excluding hydrogens is 291 g/mol. The number of aryl methyl sites for hydroxylation is 1. The summed E-state index contributed by atoms with van der Waals surface area (Å²) < 4.78 is 18.3. The summed E-state index contributed by atoms with van der Waals surface area (Å²) in [7, 11) is 1.63. The Bertz CT molecular complexity index is 584. The molecule has 0 saturated heterocycles. The highest BCUT2D eigenvalue weighted by Crippen LogP contribution is 2.20. The Kier molecular flexibility index (Phi) is 5.59. The van der Waals surface area contributed by atoms with Gasteiger partial charge in [0, 0.05) is 5.02 Å². The van der Waals surface area contributed by atoms with Gasteiger partial charge in [-0.05, 0) is 60.7 Å². The monoisotopic (exact) mass is 308 g/mol. The molecule has 4 heteroatoms. The summed E-state index contributed by atoms with van der Waals surface area (Å²) in [6.07, 6.45) is 1.15. The van der Waals surface area contributed by atoms with Crippen LogP contribution < -0.4 is 4.74 Å². The molecule has 0 aliphatic rings. The number of methoxy groups -OCH3 is 1. The van der Waals surface area contributed by atoms with Crippen LogP contribution in [0.4, 0.5) is 4.39 Å². The molecule has 112 valence electrons. The van der Waals surface area contributed by atoms with Crippen molar-refractivity contribution in [1.29, 1.82) is 0 Å². The molecule has 0 aromatic heterocycles. The van der Waals surface area contributed by atoms with Gasteiger partial charge in [0.15, 0.2) is 0 Å². The maximum Gasteiger partial charge on any atom is 0.123 e. The van der Waals surface area contributed by atoms with Crippen LogP contribution in [-0.4, -0.2) is 18.3 Å². The number of ether oxygens (including phenoxy) is 1. The Morgan fingerprint density at radius 3 is 2.57 bits per heavy atom. The molecule has 0 aliphatic carbocycles. The molecular formula is C17H18ClFO2. The number of rotatable bonds is 6. The first kappa shape index (κ1) is 15.8. The second-order valence-electron chi connectivity index (χ2n) is 4.98. The largest absolute Gasteiger partial charge is 0.497 e. The van der Waals surface area contributed by atoms with Crippen molar-refractivity contribution in [2.24, 2.45) is 0 Å². The van der Waals surface area contributed by atoms with Crippen molar-refractivity contribution in [2.75, 3.05) is 7.11 Å². The number of aliphatic hydroxyl groups is 1. The lowest BCUT2D eigenvalue weighted by Crippen LogP contribution is -2.12. The Hall–Kier alpha value is -1.58. The molecule has 2 aromatic rings. The minimum Gasteiger partial charge on any atom is -0.497 e. The predicted molar refractivity (Wildman–Crippen MR) is 82.4 cm³/mol. The van der Waals surface area contributed by atoms with Crippen LogP contribution in [0.15, 0.2) is 42.5 Å². The Morgan fingerprint density at radius 2 is 1.90 bits per heavy atom. The quantitative estimate of drug-likeness (QED) is 0.873. The van der Waals surface area contributed by atoms with Gasteiger partial charge in [0.1, 0.15) is 11.6 Å². The van der Waals surface area contributed by atoms with E-state index in [1.54, 1.807) is 7.11 Å². The summed E-state index contributed by atoms with van der Waals surface area (Å²) in [5.74, 6) is 0.475. The fourth-order valence-electron chi connectivity index (χ4n) is 2.18. The molecule has 0 radical (unpaired) electrons. The third kappa shape index (κ3) is 4.73. The standard InChI is InChI=1S/C17H18ClFO2/c1-21-16-7-3-12(4-8-16)2-6-15(20)11-13-10-14(19)5-9-17(13)18/h3-5,7-10,15,20H,2,6,11H2,1H3. The fourth-order valence-corrected chi connectivity index (χ4v) is 2.38. The van der Waals surface area contributed by atoms with Crippen LogP contribution >= 0.6 is 11.6 Å². The maximum atomic E-state index is 13.2. The van der Waals surface area contributed by atoms with Gasteiger partial charge < -0.3 is 9.84 Å². The van der Waals surface area contributed by atoms with Gasteiger partial charge in [0.2, 0.25) is 0 Å². The minimum atomic E-state index is -0.550. The molecule has 21 heavy (non-hydrogen) atoms. The van der Waals surface area contributed by atoms with Crippen molar-refractivity contribution in [1.82, 2.24) is 0 Å². The molecule has 1 N–H and O–H groups in total. The normalized spacial score (nSPS) is 12.2. The van der Waals surface area contributed by atoms with E-state index >= 15 is 0 Å². The van der Waals surface area contributed by atoms with Crippen LogP contribution in [0, 0.1) is 5.82 Å². The molecule has 0 bridgehead atoms. The Morgan fingerprint density at radius 1 is 1.19 bits per heavy atom. The lowest BCUT2D eigenvalue weighted by atomic mass is 10.0. The molecule has 0 fully saturated rings. The summed E-state index contributed by atoms with van der Waals surface area (Å²) in [6.45, 7) is 0. The van der Waals surface area contributed by atoms with Crippen molar-refractivity contribution in [3.05, 3.63) is 64.4 Å². The van der Waals surface area contributed by atoms with Gasteiger partial charge in [-0.15, -0.1) is 0 Å². The molecule has 2 nitrogen and oxygen atoms in total. The van der Waals surface area contributed by atoms with Crippen LogP contribution in [0.25, 0.3) is 0 Å². The van der Waals surface area contributed by atoms with E-state index in [0.29, 0.717) is 23.4 Å². The van der Waals surface area contributed by atoms with Crippen molar-refractivity contribution in [3.8, 4) is 5.75 Å². The number of aliphatic hydroxyl groups excluding tert-OH is 1. The van der Waals surface area contributed by atoms with E-state index in [9.17, 15) is 9.50 Å². The Labute approximate surface area is 129 Å². The zero-order valence-corrected chi connectivity index (χ0v) is 12.6. The van der Waals surface area contributed by atoms with Crippen LogP contribution in [0.1, 0.15) is 17.5 Å². The van der Waals surface area contributed by atoms with Gasteiger partial charge in [-0.25, -0.2) is 4.39 Å². The van der Waals surface area contributed by atoms with Crippen molar-refractivity contribution in [2.45, 2.75) is 25.4 Å². The maximum absolute atomic E-state index is 13.2. The van der Waals surface area contributed by atoms with Crippen molar-refractivity contribution >= 4 is 11.6 Å². The summed E-state index contributed by atoms with van der Waals surface area (Å²) >= 11 is 6.00. The first-order valence-corrected chi connectivity index (χ1v) is 7.21. The summed E-state index contributed by atoms with van der Waals surface area (Å²) in [5, 5.41) is 10.6. The minimum absolute atomic E-state index is 0.336. The van der Waals surface area contributed by atoms with Crippen molar-refractivity contribution in [3.63, 3.8) is 0 Å². The van der Waals surface area contributed by atoms with Crippen molar-refractivity contribution < 1.29 is 14.2 Å². The van der Waals surface area contributed by atoms with E-state index in [0.717, 1.165) is 17.7 Å². The van der Waals surface area contributed by atoms with Gasteiger partial charge in [0.05, 0.1) is 13.2 Å². The molecule has 1 atom stereocenters. The molecule has 2 aromatic carbocycles. The van der Waals surface area contributed by atoms with Crippen LogP contribution in [0.3, 0.4) is 0 Å². The fraction of sp³-hybridized carbons (Fsp3) is 0.294. The lowest BCUT2D eigenvalue weighted by Gasteiger charge is -2.12. The van der Waals surface area contributed by atoms with Crippen LogP contribution in [0.2, 0.25) is 5.02 Å². The summed E-state index contributed by atoms with van der Waals surface area (Å²) in [5.41, 5.74) is 1.76. The first-order valence-electron chi connectivity index (χ1n) is 6.83. The van der Waals surface area contributed by atoms with E-state index in [-0.39, 0.29) is 5.82 Å². The molecule has 1 unspecified atom stereocenters. The third-order valence-corrected chi connectivity index (χ3v) is 3.76. The molecule has 0 amide bonds. The van der Waals surface area contributed by atoms with Gasteiger partial charge in [-0.1, -0.05) is 23.7 Å². The van der Waals surface area contributed by atoms with Gasteiger partial charge in [0.25, 0.3) is 0 Å². The van der Waals surface area contributed by atoms with Gasteiger partial charge in [-0.3, -0.25) is 0 Å². The molecule has 0 heterocycles. The Balaban J connectivity index is 1.89. The third-order valence-electron chi connectivity index (χ3n) is 3.39. The average molecular weight is 309 g/mol. The number of hydrogen-bond acceptors (Lipinski definition) is 2. The number of halogens is 2. The molecule has 0 spiro atoms. The molecule has 2 rings (SSSR count). The van der Waals surface area contributed by atoms with E-state index in [2.05, 4.69) is 0 Å². The molecule has 0 saturated carbocycles. The van der Waals surface area contributed by atoms with Gasteiger partial charge in [-0.2, -0.15) is 0 Å². The van der Waals surface area contributed by atoms with E-state index in [4.69, 9.17) is 16.3 Å². The average Bonchev–Trinajstić information content (AvgIpc) is 2.49.